The molecule has 0 saturated heterocycles. The van der Waals surface area contributed by atoms with Crippen molar-refractivity contribution in [2.45, 2.75) is 13.2 Å². The quantitative estimate of drug-likeness (QED) is 0.441. The average molecular weight is 473 g/mol. The molecule has 1 aliphatic rings. The van der Waals surface area contributed by atoms with Gasteiger partial charge in [0.2, 0.25) is 12.7 Å². The number of nitrogens with one attached hydrogen (secondary N) is 1. The fourth-order valence-electron chi connectivity index (χ4n) is 3.53. The minimum atomic E-state index is -0.358. The van der Waals surface area contributed by atoms with Gasteiger partial charge < -0.3 is 19.5 Å². The number of benzene rings is 3. The number of aromatic nitrogens is 2. The summed E-state index contributed by atoms with van der Waals surface area (Å²) >= 11 is 0. The lowest BCUT2D eigenvalue weighted by Gasteiger charge is -2.10. The smallest absolute Gasteiger partial charge is 0.271 e. The Kier molecular flexibility index (Phi) is 6.13. The lowest BCUT2D eigenvalue weighted by molar-refractivity contribution is 0.0951. The van der Waals surface area contributed by atoms with Crippen LogP contribution in [0.25, 0.3) is 5.69 Å². The Morgan fingerprint density at radius 1 is 0.971 bits per heavy atom. The highest BCUT2D eigenvalue weighted by atomic mass is 19.1. The van der Waals surface area contributed by atoms with Gasteiger partial charge in [-0.2, -0.15) is 4.68 Å². The van der Waals surface area contributed by atoms with Crippen molar-refractivity contribution in [3.8, 4) is 23.1 Å². The van der Waals surface area contributed by atoms with Crippen LogP contribution in [0.3, 0.4) is 0 Å². The molecule has 1 aliphatic heterocycles. The second-order valence-corrected chi connectivity index (χ2v) is 7.76. The van der Waals surface area contributed by atoms with E-state index in [1.165, 1.54) is 28.9 Å². The third-order valence-electron chi connectivity index (χ3n) is 5.32. The first-order valence-corrected chi connectivity index (χ1v) is 10.8. The number of halogens is 1. The van der Waals surface area contributed by atoms with E-state index in [1.807, 2.05) is 12.1 Å². The Morgan fingerprint density at radius 3 is 2.63 bits per heavy atom. The number of nitrogens with zero attached hydrogens (tertiary/aromatic N) is 2. The highest BCUT2D eigenvalue weighted by Crippen LogP contribution is 2.32. The molecule has 0 fully saturated rings. The van der Waals surface area contributed by atoms with Crippen LogP contribution in [0.2, 0.25) is 0 Å². The van der Waals surface area contributed by atoms with Crippen molar-refractivity contribution in [3.05, 3.63) is 112 Å². The van der Waals surface area contributed by atoms with Crippen molar-refractivity contribution in [1.82, 2.24) is 15.1 Å². The van der Waals surface area contributed by atoms with Gasteiger partial charge in [-0.25, -0.2) is 4.39 Å². The molecule has 2 heterocycles. The zero-order valence-electron chi connectivity index (χ0n) is 18.4. The molecule has 8 nitrogen and oxygen atoms in total. The van der Waals surface area contributed by atoms with Gasteiger partial charge in [0, 0.05) is 24.2 Å². The molecule has 0 radical (unpaired) electrons. The van der Waals surface area contributed by atoms with Crippen LogP contribution in [-0.2, 0) is 13.2 Å². The van der Waals surface area contributed by atoms with E-state index in [-0.39, 0.29) is 36.6 Å². The van der Waals surface area contributed by atoms with Gasteiger partial charge >= 0.3 is 0 Å². The van der Waals surface area contributed by atoms with E-state index in [4.69, 9.17) is 14.2 Å². The molecule has 176 valence electrons. The van der Waals surface area contributed by atoms with Crippen molar-refractivity contribution < 1.29 is 23.4 Å². The zero-order chi connectivity index (χ0) is 24.2. The number of amides is 1. The largest absolute Gasteiger partial charge is 0.472 e. The van der Waals surface area contributed by atoms with E-state index < -0.39 is 0 Å². The van der Waals surface area contributed by atoms with Crippen LogP contribution in [0.15, 0.2) is 83.7 Å². The van der Waals surface area contributed by atoms with Crippen molar-refractivity contribution in [2.24, 2.45) is 0 Å². The van der Waals surface area contributed by atoms with Gasteiger partial charge in [-0.3, -0.25) is 9.59 Å². The lowest BCUT2D eigenvalue weighted by atomic mass is 10.1. The van der Waals surface area contributed by atoms with Gasteiger partial charge in [-0.05, 0) is 59.7 Å². The SMILES string of the molecule is O=C(NCc1ccc2c(c1)OCO2)c1ccc(-n2nc(OCc3cccc(F)c3)ccc2=O)cc1. The summed E-state index contributed by atoms with van der Waals surface area (Å²) in [5.74, 6) is 0.925. The maximum Gasteiger partial charge on any atom is 0.271 e. The van der Waals surface area contributed by atoms with Gasteiger partial charge in [0.05, 0.1) is 5.69 Å². The predicted molar refractivity (Wildman–Crippen MR) is 124 cm³/mol. The van der Waals surface area contributed by atoms with Crippen molar-refractivity contribution >= 4 is 5.91 Å². The van der Waals surface area contributed by atoms with Crippen molar-refractivity contribution in [2.75, 3.05) is 6.79 Å². The summed E-state index contributed by atoms with van der Waals surface area (Å²) in [7, 11) is 0. The van der Waals surface area contributed by atoms with Gasteiger partial charge in [0.25, 0.3) is 11.5 Å². The van der Waals surface area contributed by atoms with Crippen LogP contribution < -0.4 is 25.1 Å². The molecule has 5 rings (SSSR count). The summed E-state index contributed by atoms with van der Waals surface area (Å²) in [6.45, 7) is 0.617. The standard InChI is InChI=1S/C26H20FN3O5/c27-20-3-1-2-18(12-20)15-33-24-10-11-25(31)30(29-24)21-7-5-19(6-8-21)26(32)28-14-17-4-9-22-23(13-17)35-16-34-22/h1-13H,14-16H2,(H,28,32). The average Bonchev–Trinajstić information content (AvgIpc) is 3.35. The van der Waals surface area contributed by atoms with Crippen LogP contribution in [0.4, 0.5) is 4.39 Å². The number of carbonyl (C=O) groups excluding carboxylic acids is 1. The Labute approximate surface area is 199 Å². The van der Waals surface area contributed by atoms with E-state index in [1.54, 1.807) is 42.5 Å². The van der Waals surface area contributed by atoms with Crippen LogP contribution in [0.5, 0.6) is 17.4 Å². The number of rotatable bonds is 7. The van der Waals surface area contributed by atoms with Crippen LogP contribution in [0, 0.1) is 5.82 Å². The second kappa shape index (κ2) is 9.68. The maximum atomic E-state index is 13.3. The van der Waals surface area contributed by atoms with E-state index in [0.717, 1.165) is 5.56 Å². The summed E-state index contributed by atoms with van der Waals surface area (Å²) < 4.78 is 30.8. The molecule has 0 spiro atoms. The lowest BCUT2D eigenvalue weighted by Crippen LogP contribution is -2.23. The highest BCUT2D eigenvalue weighted by molar-refractivity contribution is 5.94. The molecule has 35 heavy (non-hydrogen) atoms. The van der Waals surface area contributed by atoms with Crippen LogP contribution in [-0.4, -0.2) is 22.5 Å². The first kappa shape index (κ1) is 22.1. The molecule has 0 bridgehead atoms. The fourth-order valence-corrected chi connectivity index (χ4v) is 3.53. The fraction of sp³-hybridized carbons (Fsp3) is 0.115. The third kappa shape index (κ3) is 5.14. The number of hydrogen-bond donors (Lipinski definition) is 1. The Morgan fingerprint density at radius 2 is 1.80 bits per heavy atom. The monoisotopic (exact) mass is 473 g/mol. The first-order valence-electron chi connectivity index (χ1n) is 10.8. The number of fused-ring (bicyclic) bond motifs is 1. The number of hydrogen-bond acceptors (Lipinski definition) is 6. The molecule has 0 atom stereocenters. The second-order valence-electron chi connectivity index (χ2n) is 7.76. The number of carbonyl (C=O) groups is 1. The zero-order valence-corrected chi connectivity index (χ0v) is 18.4. The Bertz CT molecular complexity index is 1440. The molecule has 1 amide bonds. The first-order chi connectivity index (χ1) is 17.0. The molecule has 0 aliphatic carbocycles. The van der Waals surface area contributed by atoms with Crippen LogP contribution in [0.1, 0.15) is 21.5 Å². The molecular weight excluding hydrogens is 453 g/mol. The summed E-state index contributed by atoms with van der Waals surface area (Å²) in [6.07, 6.45) is 0. The molecule has 3 aromatic carbocycles. The van der Waals surface area contributed by atoms with Crippen molar-refractivity contribution in [1.29, 1.82) is 0 Å². The van der Waals surface area contributed by atoms with E-state index in [0.29, 0.717) is 34.9 Å². The summed E-state index contributed by atoms with van der Waals surface area (Å²) in [4.78, 5) is 24.9. The van der Waals surface area contributed by atoms with E-state index in [9.17, 15) is 14.0 Å². The molecule has 1 aromatic heterocycles. The highest BCUT2D eigenvalue weighted by Gasteiger charge is 2.14. The van der Waals surface area contributed by atoms with Gasteiger partial charge in [-0.1, -0.05) is 18.2 Å². The van der Waals surface area contributed by atoms with E-state index >= 15 is 0 Å². The topological polar surface area (TPSA) is 91.7 Å². The molecular formula is C26H20FN3O5. The Balaban J connectivity index is 1.24. The van der Waals surface area contributed by atoms with E-state index in [2.05, 4.69) is 10.4 Å². The molecule has 1 N–H and O–H groups in total. The van der Waals surface area contributed by atoms with Gasteiger partial charge in [0.15, 0.2) is 11.5 Å². The molecule has 0 unspecified atom stereocenters. The third-order valence-corrected chi connectivity index (χ3v) is 5.32. The molecule has 4 aromatic rings. The molecule has 0 saturated carbocycles. The summed E-state index contributed by atoms with van der Waals surface area (Å²) in [5.41, 5.74) is 2.06. The maximum absolute atomic E-state index is 13.3. The predicted octanol–water partition coefficient (Wildman–Crippen LogP) is 3.61. The minimum absolute atomic E-state index is 0.103. The summed E-state index contributed by atoms with van der Waals surface area (Å²) in [5, 5.41) is 7.08. The number of ether oxygens (including phenoxy) is 3. The normalized spacial score (nSPS) is 11.8. The summed E-state index contributed by atoms with van der Waals surface area (Å²) in [6, 6.07) is 20.8. The minimum Gasteiger partial charge on any atom is -0.472 e. The molecule has 9 heteroatoms. The van der Waals surface area contributed by atoms with Gasteiger partial charge in [0.1, 0.15) is 12.4 Å². The van der Waals surface area contributed by atoms with Crippen LogP contribution >= 0.6 is 0 Å². The van der Waals surface area contributed by atoms with Crippen molar-refractivity contribution in [3.63, 3.8) is 0 Å². The van der Waals surface area contributed by atoms with Gasteiger partial charge in [-0.15, -0.1) is 5.10 Å². The Hall–Kier alpha value is -4.66.